The van der Waals surface area contributed by atoms with E-state index in [2.05, 4.69) is 39.1 Å². The lowest BCUT2D eigenvalue weighted by molar-refractivity contribution is -0.122. The third kappa shape index (κ3) is 4.25. The molecular formula is C23H25N5O2. The number of hydrogen-bond donors (Lipinski definition) is 3. The number of aryl methyl sites for hydroxylation is 1. The first-order valence-corrected chi connectivity index (χ1v) is 10.2. The van der Waals surface area contributed by atoms with Gasteiger partial charge in [0.25, 0.3) is 5.56 Å². The molecule has 0 fully saturated rings. The summed E-state index contributed by atoms with van der Waals surface area (Å²) < 4.78 is 0. The molecule has 0 unspecified atom stereocenters. The number of nitrogens with one attached hydrogen (secondary N) is 3. The number of imidazole rings is 1. The first kappa shape index (κ1) is 19.8. The van der Waals surface area contributed by atoms with Crippen molar-refractivity contribution in [2.24, 2.45) is 5.92 Å². The number of aromatic nitrogens is 4. The van der Waals surface area contributed by atoms with Crippen molar-refractivity contribution in [3.63, 3.8) is 0 Å². The SMILES string of the molecule is CC(C)[C@H](NC(=O)CCCc1nc2ccccc2c(=O)[nH]1)c1nc2ccccc2[nH]1. The molecule has 1 atom stereocenters. The van der Waals surface area contributed by atoms with Gasteiger partial charge in [-0.2, -0.15) is 0 Å². The van der Waals surface area contributed by atoms with Crippen LogP contribution in [0, 0.1) is 5.92 Å². The van der Waals surface area contributed by atoms with Gasteiger partial charge in [0.1, 0.15) is 11.6 Å². The maximum absolute atomic E-state index is 12.6. The van der Waals surface area contributed by atoms with Crippen molar-refractivity contribution < 1.29 is 4.79 Å². The number of aromatic amines is 2. The second kappa shape index (κ2) is 8.49. The van der Waals surface area contributed by atoms with Gasteiger partial charge in [-0.3, -0.25) is 9.59 Å². The van der Waals surface area contributed by atoms with Crippen LogP contribution in [0.4, 0.5) is 0 Å². The predicted octanol–water partition coefficient (Wildman–Crippen LogP) is 3.64. The average Bonchev–Trinajstić information content (AvgIpc) is 3.15. The van der Waals surface area contributed by atoms with E-state index in [4.69, 9.17) is 0 Å². The van der Waals surface area contributed by atoms with Gasteiger partial charge in [-0.25, -0.2) is 9.97 Å². The Bertz CT molecular complexity index is 1210. The van der Waals surface area contributed by atoms with Crippen molar-refractivity contribution in [1.82, 2.24) is 25.3 Å². The van der Waals surface area contributed by atoms with E-state index in [0.717, 1.165) is 16.9 Å². The highest BCUT2D eigenvalue weighted by atomic mass is 16.1. The molecule has 1 amide bonds. The summed E-state index contributed by atoms with van der Waals surface area (Å²) in [6.07, 6.45) is 1.47. The van der Waals surface area contributed by atoms with Crippen molar-refractivity contribution in [2.75, 3.05) is 0 Å². The second-order valence-electron chi connectivity index (χ2n) is 7.81. The number of benzene rings is 2. The smallest absolute Gasteiger partial charge is 0.258 e. The monoisotopic (exact) mass is 403 g/mol. The van der Waals surface area contributed by atoms with Gasteiger partial charge in [-0.1, -0.05) is 38.1 Å². The largest absolute Gasteiger partial charge is 0.346 e. The Balaban J connectivity index is 1.39. The highest BCUT2D eigenvalue weighted by Gasteiger charge is 2.21. The van der Waals surface area contributed by atoms with Crippen molar-refractivity contribution in [3.05, 3.63) is 70.5 Å². The van der Waals surface area contributed by atoms with E-state index in [1.54, 1.807) is 6.07 Å². The van der Waals surface area contributed by atoms with Crippen LogP contribution in [0.5, 0.6) is 0 Å². The number of nitrogens with zero attached hydrogens (tertiary/aromatic N) is 2. The normalized spacial score (nSPS) is 12.5. The lowest BCUT2D eigenvalue weighted by atomic mass is 10.0. The molecule has 3 N–H and O–H groups in total. The Labute approximate surface area is 174 Å². The molecule has 4 aromatic rings. The summed E-state index contributed by atoms with van der Waals surface area (Å²) in [7, 11) is 0. The topological polar surface area (TPSA) is 104 Å². The van der Waals surface area contributed by atoms with Gasteiger partial charge >= 0.3 is 0 Å². The fraction of sp³-hybridized carbons (Fsp3) is 0.304. The van der Waals surface area contributed by atoms with E-state index in [0.29, 0.717) is 36.0 Å². The number of carbonyl (C=O) groups excluding carboxylic acids is 1. The van der Waals surface area contributed by atoms with Crippen molar-refractivity contribution in [3.8, 4) is 0 Å². The summed E-state index contributed by atoms with van der Waals surface area (Å²) >= 11 is 0. The van der Waals surface area contributed by atoms with Gasteiger partial charge in [-0.15, -0.1) is 0 Å². The molecule has 2 heterocycles. The standard InChI is InChI=1S/C23H25N5O2/c1-14(2)21(22-25-17-10-5-6-11-18(17)26-22)28-20(29)13-7-12-19-24-16-9-4-3-8-15(16)23(30)27-19/h3-6,8-11,14,21H,7,12-13H2,1-2H3,(H,25,26)(H,28,29)(H,24,27,30)/t21-/m0/s1. The molecule has 0 saturated heterocycles. The zero-order valence-electron chi connectivity index (χ0n) is 17.1. The van der Waals surface area contributed by atoms with Gasteiger partial charge < -0.3 is 15.3 Å². The Hall–Kier alpha value is -3.48. The first-order chi connectivity index (χ1) is 14.5. The summed E-state index contributed by atoms with van der Waals surface area (Å²) in [5.74, 6) is 1.51. The van der Waals surface area contributed by atoms with E-state index in [9.17, 15) is 9.59 Å². The fourth-order valence-corrected chi connectivity index (χ4v) is 3.59. The van der Waals surface area contributed by atoms with Crippen LogP contribution >= 0.6 is 0 Å². The summed E-state index contributed by atoms with van der Waals surface area (Å²) in [6.45, 7) is 4.11. The average molecular weight is 403 g/mol. The summed E-state index contributed by atoms with van der Waals surface area (Å²) in [5, 5.41) is 3.67. The number of fused-ring (bicyclic) bond motifs is 2. The summed E-state index contributed by atoms with van der Waals surface area (Å²) in [6, 6.07) is 14.9. The zero-order valence-corrected chi connectivity index (χ0v) is 17.1. The second-order valence-corrected chi connectivity index (χ2v) is 7.81. The highest BCUT2D eigenvalue weighted by Crippen LogP contribution is 2.22. The molecule has 7 heteroatoms. The van der Waals surface area contributed by atoms with Crippen molar-refractivity contribution in [1.29, 1.82) is 0 Å². The lowest BCUT2D eigenvalue weighted by Gasteiger charge is -2.20. The van der Waals surface area contributed by atoms with Crippen molar-refractivity contribution in [2.45, 2.75) is 39.2 Å². The molecule has 30 heavy (non-hydrogen) atoms. The van der Waals surface area contributed by atoms with Gasteiger partial charge in [-0.05, 0) is 36.6 Å². The van der Waals surface area contributed by atoms with Crippen LogP contribution in [0.2, 0.25) is 0 Å². The molecule has 154 valence electrons. The first-order valence-electron chi connectivity index (χ1n) is 10.2. The van der Waals surface area contributed by atoms with E-state index in [1.165, 1.54) is 0 Å². The molecule has 7 nitrogen and oxygen atoms in total. The van der Waals surface area contributed by atoms with E-state index < -0.39 is 0 Å². The minimum atomic E-state index is -0.191. The minimum Gasteiger partial charge on any atom is -0.346 e. The zero-order chi connectivity index (χ0) is 21.1. The van der Waals surface area contributed by atoms with Crippen LogP contribution in [0.3, 0.4) is 0 Å². The molecule has 0 spiro atoms. The molecule has 0 bridgehead atoms. The van der Waals surface area contributed by atoms with Gasteiger partial charge in [0.15, 0.2) is 0 Å². The van der Waals surface area contributed by atoms with Crippen LogP contribution in [0.25, 0.3) is 21.9 Å². The molecular weight excluding hydrogens is 378 g/mol. The number of H-pyrrole nitrogens is 2. The molecule has 0 saturated carbocycles. The van der Waals surface area contributed by atoms with Crippen LogP contribution in [-0.2, 0) is 11.2 Å². The quantitative estimate of drug-likeness (QED) is 0.438. The fourth-order valence-electron chi connectivity index (χ4n) is 3.59. The molecule has 0 aliphatic carbocycles. The van der Waals surface area contributed by atoms with Gasteiger partial charge in [0.2, 0.25) is 5.91 Å². The maximum Gasteiger partial charge on any atom is 0.258 e. The number of rotatable bonds is 7. The Morgan fingerprint density at radius 2 is 1.73 bits per heavy atom. The maximum atomic E-state index is 12.6. The minimum absolute atomic E-state index is 0.0442. The number of para-hydroxylation sites is 3. The van der Waals surface area contributed by atoms with Crippen LogP contribution in [0.15, 0.2) is 53.3 Å². The Morgan fingerprint density at radius 3 is 2.50 bits per heavy atom. The number of hydrogen-bond acceptors (Lipinski definition) is 4. The van der Waals surface area contributed by atoms with E-state index in [-0.39, 0.29) is 23.4 Å². The molecule has 2 aromatic carbocycles. The highest BCUT2D eigenvalue weighted by molar-refractivity contribution is 5.78. The third-order valence-electron chi connectivity index (χ3n) is 5.16. The van der Waals surface area contributed by atoms with Crippen LogP contribution in [0.1, 0.15) is 44.4 Å². The number of amides is 1. The molecule has 0 radical (unpaired) electrons. The Kier molecular flexibility index (Phi) is 5.61. The summed E-state index contributed by atoms with van der Waals surface area (Å²) in [4.78, 5) is 40.0. The van der Waals surface area contributed by atoms with Gasteiger partial charge in [0.05, 0.1) is 28.0 Å². The van der Waals surface area contributed by atoms with Gasteiger partial charge in [0, 0.05) is 12.8 Å². The molecule has 2 aromatic heterocycles. The molecule has 0 aliphatic heterocycles. The predicted molar refractivity (Wildman–Crippen MR) is 117 cm³/mol. The Morgan fingerprint density at radius 1 is 1.00 bits per heavy atom. The molecule has 0 aliphatic rings. The third-order valence-corrected chi connectivity index (χ3v) is 5.16. The lowest BCUT2D eigenvalue weighted by Crippen LogP contribution is -2.32. The number of carbonyl (C=O) groups is 1. The molecule has 4 rings (SSSR count). The van der Waals surface area contributed by atoms with Crippen LogP contribution in [-0.4, -0.2) is 25.8 Å². The van der Waals surface area contributed by atoms with Crippen molar-refractivity contribution >= 4 is 27.8 Å². The van der Waals surface area contributed by atoms with E-state index >= 15 is 0 Å². The summed E-state index contributed by atoms with van der Waals surface area (Å²) in [5.41, 5.74) is 2.37. The van der Waals surface area contributed by atoms with E-state index in [1.807, 2.05) is 42.5 Å². The van der Waals surface area contributed by atoms with Crippen LogP contribution < -0.4 is 10.9 Å².